The zero-order valence-electron chi connectivity index (χ0n) is 10.7. The van der Waals surface area contributed by atoms with E-state index >= 15 is 0 Å². The Morgan fingerprint density at radius 1 is 1.10 bits per heavy atom. The van der Waals surface area contributed by atoms with Crippen LogP contribution in [0, 0.1) is 0 Å². The summed E-state index contributed by atoms with van der Waals surface area (Å²) in [7, 11) is 1.49. The highest BCUT2D eigenvalue weighted by atomic mass is 79.9. The SMILES string of the molecule is COc1cc(Br)ccc1C(=O)Nc1cc(Cl)c(Cl)cc1Cl. The zero-order chi connectivity index (χ0) is 15.6. The summed E-state index contributed by atoms with van der Waals surface area (Å²) in [5.41, 5.74) is 0.754. The first-order chi connectivity index (χ1) is 9.92. The van der Waals surface area contributed by atoms with Crippen LogP contribution in [0.25, 0.3) is 0 Å². The fourth-order valence-electron chi connectivity index (χ4n) is 1.66. The van der Waals surface area contributed by atoms with Crippen molar-refractivity contribution in [2.24, 2.45) is 0 Å². The number of carbonyl (C=O) groups excluding carboxylic acids is 1. The lowest BCUT2D eigenvalue weighted by Crippen LogP contribution is -2.13. The van der Waals surface area contributed by atoms with Crippen LogP contribution >= 0.6 is 50.7 Å². The average molecular weight is 409 g/mol. The number of hydrogen-bond donors (Lipinski definition) is 1. The Hall–Kier alpha value is -0.940. The van der Waals surface area contributed by atoms with Gasteiger partial charge in [0.2, 0.25) is 0 Å². The van der Waals surface area contributed by atoms with Gasteiger partial charge < -0.3 is 10.1 Å². The van der Waals surface area contributed by atoms with Gasteiger partial charge in [0.15, 0.2) is 0 Å². The lowest BCUT2D eigenvalue weighted by Gasteiger charge is -2.11. The Morgan fingerprint density at radius 2 is 1.76 bits per heavy atom. The van der Waals surface area contributed by atoms with Crippen molar-refractivity contribution in [2.75, 3.05) is 12.4 Å². The monoisotopic (exact) mass is 407 g/mol. The highest BCUT2D eigenvalue weighted by Gasteiger charge is 2.15. The normalized spacial score (nSPS) is 10.3. The molecule has 0 fully saturated rings. The van der Waals surface area contributed by atoms with Crippen LogP contribution in [-0.2, 0) is 0 Å². The molecule has 0 aliphatic carbocycles. The van der Waals surface area contributed by atoms with Gasteiger partial charge in [0, 0.05) is 4.47 Å². The number of rotatable bonds is 3. The van der Waals surface area contributed by atoms with Crippen molar-refractivity contribution in [3.05, 3.63) is 55.4 Å². The van der Waals surface area contributed by atoms with Crippen molar-refractivity contribution in [3.63, 3.8) is 0 Å². The fraction of sp³-hybridized carbons (Fsp3) is 0.0714. The quantitative estimate of drug-likeness (QED) is 0.664. The van der Waals surface area contributed by atoms with Gasteiger partial charge in [0.05, 0.1) is 33.4 Å². The molecule has 2 aromatic rings. The predicted molar refractivity (Wildman–Crippen MR) is 90.1 cm³/mol. The molecule has 1 N–H and O–H groups in total. The lowest BCUT2D eigenvalue weighted by atomic mass is 10.2. The number of anilines is 1. The topological polar surface area (TPSA) is 38.3 Å². The van der Waals surface area contributed by atoms with E-state index < -0.39 is 0 Å². The summed E-state index contributed by atoms with van der Waals surface area (Å²) >= 11 is 21.1. The number of ether oxygens (including phenoxy) is 1. The summed E-state index contributed by atoms with van der Waals surface area (Å²) in [4.78, 5) is 12.3. The van der Waals surface area contributed by atoms with E-state index in [0.29, 0.717) is 32.1 Å². The molecule has 0 saturated heterocycles. The maximum absolute atomic E-state index is 12.3. The Bertz CT molecular complexity index is 707. The van der Waals surface area contributed by atoms with E-state index in [1.165, 1.54) is 19.2 Å². The van der Waals surface area contributed by atoms with E-state index in [4.69, 9.17) is 39.5 Å². The molecular formula is C14H9BrCl3NO2. The number of hydrogen-bond acceptors (Lipinski definition) is 2. The number of amides is 1. The molecule has 0 aliphatic heterocycles. The molecule has 2 aromatic carbocycles. The molecule has 21 heavy (non-hydrogen) atoms. The summed E-state index contributed by atoms with van der Waals surface area (Å²) in [6.07, 6.45) is 0. The third-order valence-electron chi connectivity index (χ3n) is 2.67. The molecule has 0 spiro atoms. The van der Waals surface area contributed by atoms with Crippen LogP contribution in [0.3, 0.4) is 0 Å². The third kappa shape index (κ3) is 3.83. The van der Waals surface area contributed by atoms with Gasteiger partial charge in [-0.2, -0.15) is 0 Å². The molecular weight excluding hydrogens is 400 g/mol. The van der Waals surface area contributed by atoms with Crippen molar-refractivity contribution in [1.29, 1.82) is 0 Å². The van der Waals surface area contributed by atoms with E-state index in [9.17, 15) is 4.79 Å². The van der Waals surface area contributed by atoms with Gasteiger partial charge >= 0.3 is 0 Å². The Morgan fingerprint density at radius 3 is 2.43 bits per heavy atom. The zero-order valence-corrected chi connectivity index (χ0v) is 14.6. The first-order valence-electron chi connectivity index (χ1n) is 5.72. The second-order valence-electron chi connectivity index (χ2n) is 4.04. The molecule has 3 nitrogen and oxygen atoms in total. The highest BCUT2D eigenvalue weighted by molar-refractivity contribution is 9.10. The van der Waals surface area contributed by atoms with E-state index in [-0.39, 0.29) is 5.91 Å². The standard InChI is InChI=1S/C14H9BrCl3NO2/c1-21-13-4-7(15)2-3-8(13)14(20)19-12-6-10(17)9(16)5-11(12)18/h2-6H,1H3,(H,19,20). The molecule has 7 heteroatoms. The van der Waals surface area contributed by atoms with Crippen LogP contribution < -0.4 is 10.1 Å². The van der Waals surface area contributed by atoms with Crippen LogP contribution in [0.4, 0.5) is 5.69 Å². The summed E-state index contributed by atoms with van der Waals surface area (Å²) < 4.78 is 6.00. The van der Waals surface area contributed by atoms with E-state index in [2.05, 4.69) is 21.2 Å². The molecule has 0 heterocycles. The summed E-state index contributed by atoms with van der Waals surface area (Å²) in [6.45, 7) is 0. The minimum Gasteiger partial charge on any atom is -0.496 e. The molecule has 0 bridgehead atoms. The second kappa shape index (κ2) is 6.88. The van der Waals surface area contributed by atoms with Crippen molar-refractivity contribution in [3.8, 4) is 5.75 Å². The molecule has 0 saturated carbocycles. The molecule has 0 radical (unpaired) electrons. The third-order valence-corrected chi connectivity index (χ3v) is 4.19. The second-order valence-corrected chi connectivity index (χ2v) is 6.18. The summed E-state index contributed by atoms with van der Waals surface area (Å²) in [5.74, 6) is 0.0812. The average Bonchev–Trinajstić information content (AvgIpc) is 2.44. The van der Waals surface area contributed by atoms with E-state index in [1.807, 2.05) is 0 Å². The smallest absolute Gasteiger partial charge is 0.259 e. The number of halogens is 4. The first kappa shape index (κ1) is 16.4. The van der Waals surface area contributed by atoms with Crippen LogP contribution in [0.1, 0.15) is 10.4 Å². The van der Waals surface area contributed by atoms with Gasteiger partial charge in [0.25, 0.3) is 5.91 Å². The Balaban J connectivity index is 2.32. The van der Waals surface area contributed by atoms with Crippen molar-refractivity contribution in [1.82, 2.24) is 0 Å². The van der Waals surface area contributed by atoms with Crippen molar-refractivity contribution < 1.29 is 9.53 Å². The van der Waals surface area contributed by atoms with Crippen LogP contribution in [0.15, 0.2) is 34.8 Å². The fourth-order valence-corrected chi connectivity index (χ4v) is 2.59. The van der Waals surface area contributed by atoms with Crippen molar-refractivity contribution in [2.45, 2.75) is 0 Å². The number of methoxy groups -OCH3 is 1. The van der Waals surface area contributed by atoms with E-state index in [0.717, 1.165) is 4.47 Å². The minimum absolute atomic E-state index is 0.300. The van der Waals surface area contributed by atoms with Crippen LogP contribution in [0.2, 0.25) is 15.1 Å². The minimum atomic E-state index is -0.361. The van der Waals surface area contributed by atoms with Crippen LogP contribution in [0.5, 0.6) is 5.75 Å². The number of carbonyl (C=O) groups is 1. The number of nitrogens with one attached hydrogen (secondary N) is 1. The first-order valence-corrected chi connectivity index (χ1v) is 7.64. The van der Waals surface area contributed by atoms with Crippen LogP contribution in [-0.4, -0.2) is 13.0 Å². The maximum atomic E-state index is 12.3. The molecule has 2 rings (SSSR count). The van der Waals surface area contributed by atoms with Gasteiger partial charge in [-0.15, -0.1) is 0 Å². The van der Waals surface area contributed by atoms with Gasteiger partial charge in [-0.25, -0.2) is 0 Å². The van der Waals surface area contributed by atoms with Gasteiger partial charge in [-0.3, -0.25) is 4.79 Å². The lowest BCUT2D eigenvalue weighted by molar-refractivity contribution is 0.102. The molecule has 0 atom stereocenters. The molecule has 0 unspecified atom stereocenters. The van der Waals surface area contributed by atoms with Gasteiger partial charge in [-0.1, -0.05) is 50.7 Å². The van der Waals surface area contributed by atoms with Gasteiger partial charge in [-0.05, 0) is 30.3 Å². The largest absolute Gasteiger partial charge is 0.496 e. The molecule has 1 amide bonds. The summed E-state index contributed by atoms with van der Waals surface area (Å²) in [5, 5.41) is 3.60. The predicted octanol–water partition coefficient (Wildman–Crippen LogP) is 5.67. The number of benzene rings is 2. The summed E-state index contributed by atoms with van der Waals surface area (Å²) in [6, 6.07) is 8.05. The molecule has 0 aliphatic rings. The molecule has 0 aromatic heterocycles. The molecule has 110 valence electrons. The maximum Gasteiger partial charge on any atom is 0.259 e. The van der Waals surface area contributed by atoms with Crippen molar-refractivity contribution >= 4 is 62.3 Å². The van der Waals surface area contributed by atoms with Gasteiger partial charge in [0.1, 0.15) is 5.75 Å². The Kier molecular flexibility index (Phi) is 5.38. The highest BCUT2D eigenvalue weighted by Crippen LogP contribution is 2.33. The van der Waals surface area contributed by atoms with E-state index in [1.54, 1.807) is 18.2 Å². The Labute approximate surface area is 145 Å².